The van der Waals surface area contributed by atoms with E-state index in [2.05, 4.69) is 10.2 Å². The summed E-state index contributed by atoms with van der Waals surface area (Å²) in [5.41, 5.74) is 7.43. The van der Waals surface area contributed by atoms with Gasteiger partial charge in [0.2, 0.25) is 5.91 Å². The monoisotopic (exact) mass is 277 g/mol. The summed E-state index contributed by atoms with van der Waals surface area (Å²) in [6, 6.07) is 8.06. The molecule has 1 aliphatic heterocycles. The molecular formula is C15H23N3O2. The molecule has 1 saturated heterocycles. The Bertz CT molecular complexity index is 444. The molecule has 1 heterocycles. The summed E-state index contributed by atoms with van der Waals surface area (Å²) in [5, 5.41) is 2.94. The smallest absolute Gasteiger partial charge is 0.238 e. The number of carbonyl (C=O) groups is 1. The summed E-state index contributed by atoms with van der Waals surface area (Å²) >= 11 is 0. The first kappa shape index (κ1) is 15.0. The average molecular weight is 277 g/mol. The Hall–Kier alpha value is -1.43. The Balaban J connectivity index is 1.88. The van der Waals surface area contributed by atoms with Crippen LogP contribution in [0.15, 0.2) is 24.3 Å². The van der Waals surface area contributed by atoms with Crippen LogP contribution >= 0.6 is 0 Å². The van der Waals surface area contributed by atoms with E-state index in [0.29, 0.717) is 19.1 Å². The number of likely N-dealkylation sites (N-methyl/N-ethyl adjacent to an activating group) is 1. The van der Waals surface area contributed by atoms with Crippen molar-refractivity contribution in [3.8, 4) is 0 Å². The third kappa shape index (κ3) is 4.03. The number of nitrogens with one attached hydrogen (secondary N) is 1. The van der Waals surface area contributed by atoms with Crippen LogP contribution in [0.2, 0.25) is 0 Å². The molecule has 1 fully saturated rings. The normalized spacial score (nSPS) is 16.4. The number of benzene rings is 1. The maximum absolute atomic E-state index is 12.1. The lowest BCUT2D eigenvalue weighted by atomic mass is 10.1. The number of nitrogens with two attached hydrogens (primary N) is 1. The first-order chi connectivity index (χ1) is 9.70. The van der Waals surface area contributed by atoms with Crippen LogP contribution < -0.4 is 11.1 Å². The molecule has 0 spiro atoms. The third-order valence-electron chi connectivity index (χ3n) is 3.72. The van der Waals surface area contributed by atoms with Crippen LogP contribution in [0.25, 0.3) is 0 Å². The van der Waals surface area contributed by atoms with Gasteiger partial charge < -0.3 is 15.8 Å². The minimum Gasteiger partial charge on any atom is -0.381 e. The van der Waals surface area contributed by atoms with E-state index < -0.39 is 0 Å². The van der Waals surface area contributed by atoms with Crippen molar-refractivity contribution in [3.05, 3.63) is 29.8 Å². The van der Waals surface area contributed by atoms with Crippen LogP contribution in [0.3, 0.4) is 0 Å². The second-order valence-corrected chi connectivity index (χ2v) is 5.17. The van der Waals surface area contributed by atoms with E-state index in [0.717, 1.165) is 37.3 Å². The molecule has 0 unspecified atom stereocenters. The van der Waals surface area contributed by atoms with E-state index >= 15 is 0 Å². The van der Waals surface area contributed by atoms with Crippen molar-refractivity contribution >= 4 is 11.6 Å². The Morgan fingerprint density at radius 3 is 2.80 bits per heavy atom. The van der Waals surface area contributed by atoms with Gasteiger partial charge in [-0.05, 0) is 31.5 Å². The molecule has 0 bridgehead atoms. The lowest BCUT2D eigenvalue weighted by Crippen LogP contribution is -2.41. The lowest BCUT2D eigenvalue weighted by Gasteiger charge is -2.30. The fourth-order valence-corrected chi connectivity index (χ4v) is 2.49. The van der Waals surface area contributed by atoms with Gasteiger partial charge in [0.05, 0.1) is 6.54 Å². The van der Waals surface area contributed by atoms with Gasteiger partial charge in [-0.15, -0.1) is 0 Å². The second kappa shape index (κ2) is 7.38. The maximum atomic E-state index is 12.1. The van der Waals surface area contributed by atoms with Crippen molar-refractivity contribution in [3.63, 3.8) is 0 Å². The van der Waals surface area contributed by atoms with E-state index in [1.807, 2.05) is 31.3 Å². The average Bonchev–Trinajstić information content (AvgIpc) is 2.48. The fraction of sp³-hybridized carbons (Fsp3) is 0.533. The topological polar surface area (TPSA) is 67.6 Å². The van der Waals surface area contributed by atoms with Gasteiger partial charge >= 0.3 is 0 Å². The highest BCUT2D eigenvalue weighted by atomic mass is 16.5. The molecule has 1 aliphatic rings. The van der Waals surface area contributed by atoms with Gasteiger partial charge in [0.25, 0.3) is 0 Å². The Morgan fingerprint density at radius 1 is 1.40 bits per heavy atom. The van der Waals surface area contributed by atoms with Crippen LogP contribution in [0.4, 0.5) is 5.69 Å². The molecule has 0 atom stereocenters. The number of anilines is 1. The summed E-state index contributed by atoms with van der Waals surface area (Å²) in [4.78, 5) is 14.2. The van der Waals surface area contributed by atoms with Crippen LogP contribution in [-0.4, -0.2) is 43.7 Å². The van der Waals surface area contributed by atoms with Gasteiger partial charge in [-0.3, -0.25) is 9.69 Å². The van der Waals surface area contributed by atoms with Crippen molar-refractivity contribution in [2.75, 3.05) is 32.1 Å². The van der Waals surface area contributed by atoms with E-state index in [4.69, 9.17) is 10.5 Å². The minimum absolute atomic E-state index is 0.000100. The van der Waals surface area contributed by atoms with Crippen molar-refractivity contribution in [2.24, 2.45) is 5.73 Å². The number of rotatable bonds is 5. The zero-order chi connectivity index (χ0) is 14.4. The molecular weight excluding hydrogens is 254 g/mol. The molecule has 1 aromatic rings. The predicted molar refractivity (Wildman–Crippen MR) is 79.4 cm³/mol. The first-order valence-electron chi connectivity index (χ1n) is 7.06. The van der Waals surface area contributed by atoms with Crippen molar-refractivity contribution < 1.29 is 9.53 Å². The molecule has 110 valence electrons. The van der Waals surface area contributed by atoms with Crippen molar-refractivity contribution in [1.82, 2.24) is 4.90 Å². The van der Waals surface area contributed by atoms with E-state index in [-0.39, 0.29) is 5.91 Å². The standard InChI is InChI=1S/C15H23N3O2/c1-18(13-6-8-20-9-7-13)11-15(19)17-14-5-3-2-4-12(14)10-16/h2-5,13H,6-11,16H2,1H3,(H,17,19). The SMILES string of the molecule is CN(CC(=O)Nc1ccccc1CN)C1CCOCC1. The Kier molecular flexibility index (Phi) is 5.52. The van der Waals surface area contributed by atoms with Gasteiger partial charge in [-0.25, -0.2) is 0 Å². The molecule has 1 amide bonds. The number of para-hydroxylation sites is 1. The third-order valence-corrected chi connectivity index (χ3v) is 3.72. The van der Waals surface area contributed by atoms with Gasteiger partial charge in [-0.1, -0.05) is 18.2 Å². The van der Waals surface area contributed by atoms with E-state index in [1.165, 1.54) is 0 Å². The number of hydrogen-bond donors (Lipinski definition) is 2. The van der Waals surface area contributed by atoms with Gasteiger partial charge in [-0.2, -0.15) is 0 Å². The zero-order valence-corrected chi connectivity index (χ0v) is 12.0. The molecule has 5 nitrogen and oxygen atoms in total. The highest BCUT2D eigenvalue weighted by Crippen LogP contribution is 2.15. The molecule has 5 heteroatoms. The number of carbonyl (C=O) groups excluding carboxylic acids is 1. The summed E-state index contributed by atoms with van der Waals surface area (Å²) in [7, 11) is 1.99. The van der Waals surface area contributed by atoms with Crippen LogP contribution in [0, 0.1) is 0 Å². The highest BCUT2D eigenvalue weighted by molar-refractivity contribution is 5.93. The molecule has 0 aliphatic carbocycles. The minimum atomic E-state index is -0.000100. The second-order valence-electron chi connectivity index (χ2n) is 5.17. The van der Waals surface area contributed by atoms with Crippen molar-refractivity contribution in [2.45, 2.75) is 25.4 Å². The predicted octanol–water partition coefficient (Wildman–Crippen LogP) is 1.19. The molecule has 3 N–H and O–H groups in total. The maximum Gasteiger partial charge on any atom is 0.238 e. The van der Waals surface area contributed by atoms with E-state index in [9.17, 15) is 4.79 Å². The lowest BCUT2D eigenvalue weighted by molar-refractivity contribution is -0.118. The Labute approximate surface area is 120 Å². The quantitative estimate of drug-likeness (QED) is 0.848. The summed E-state index contributed by atoms with van der Waals surface area (Å²) in [6.45, 7) is 2.38. The summed E-state index contributed by atoms with van der Waals surface area (Å²) in [5.74, 6) is -0.000100. The van der Waals surface area contributed by atoms with Gasteiger partial charge in [0.1, 0.15) is 0 Å². The molecule has 0 saturated carbocycles. The molecule has 0 radical (unpaired) electrons. The fourth-order valence-electron chi connectivity index (χ4n) is 2.49. The summed E-state index contributed by atoms with van der Waals surface area (Å²) < 4.78 is 5.34. The van der Waals surface area contributed by atoms with Crippen LogP contribution in [-0.2, 0) is 16.1 Å². The largest absolute Gasteiger partial charge is 0.381 e. The van der Waals surface area contributed by atoms with Gasteiger partial charge in [0.15, 0.2) is 0 Å². The number of amides is 1. The zero-order valence-electron chi connectivity index (χ0n) is 12.0. The molecule has 2 rings (SSSR count). The first-order valence-corrected chi connectivity index (χ1v) is 7.06. The molecule has 1 aromatic carbocycles. The van der Waals surface area contributed by atoms with Crippen molar-refractivity contribution in [1.29, 1.82) is 0 Å². The van der Waals surface area contributed by atoms with Crippen LogP contribution in [0.1, 0.15) is 18.4 Å². The number of ether oxygens (including phenoxy) is 1. The molecule has 20 heavy (non-hydrogen) atoms. The van der Waals surface area contributed by atoms with E-state index in [1.54, 1.807) is 0 Å². The van der Waals surface area contributed by atoms with Crippen LogP contribution in [0.5, 0.6) is 0 Å². The highest BCUT2D eigenvalue weighted by Gasteiger charge is 2.20. The number of nitrogens with zero attached hydrogens (tertiary/aromatic N) is 1. The van der Waals surface area contributed by atoms with Gasteiger partial charge in [0, 0.05) is 31.5 Å². The molecule has 0 aromatic heterocycles. The Morgan fingerprint density at radius 2 is 2.10 bits per heavy atom. The summed E-state index contributed by atoms with van der Waals surface area (Å²) in [6.07, 6.45) is 1.98. The number of hydrogen-bond acceptors (Lipinski definition) is 4.